The molecule has 1 aliphatic heterocycles. The summed E-state index contributed by atoms with van der Waals surface area (Å²) >= 11 is 6.09. The van der Waals surface area contributed by atoms with Gasteiger partial charge in [0.15, 0.2) is 17.2 Å². The maximum Gasteiger partial charge on any atom is 0.414 e. The van der Waals surface area contributed by atoms with Crippen molar-refractivity contribution in [2.75, 3.05) is 17.3 Å². The fourth-order valence-corrected chi connectivity index (χ4v) is 3.08. The third-order valence-electron chi connectivity index (χ3n) is 3.67. The molecule has 1 aromatic heterocycles. The van der Waals surface area contributed by atoms with Crippen molar-refractivity contribution in [3.8, 4) is 5.75 Å². The number of hydrogen-bond acceptors (Lipinski definition) is 5. The van der Waals surface area contributed by atoms with Gasteiger partial charge in [0.2, 0.25) is 0 Å². The molecular formula is C16H19ClN2O4. The van der Waals surface area contributed by atoms with Gasteiger partial charge in [-0.1, -0.05) is 0 Å². The number of halogens is 1. The number of ether oxygens (including phenoxy) is 1. The highest BCUT2D eigenvalue weighted by Crippen LogP contribution is 2.45. The summed E-state index contributed by atoms with van der Waals surface area (Å²) in [6, 6.07) is 1.51. The molecule has 6 nitrogen and oxygen atoms in total. The molecule has 1 N–H and O–H groups in total. The molecule has 2 aromatic rings. The van der Waals surface area contributed by atoms with Crippen molar-refractivity contribution in [1.82, 2.24) is 4.98 Å². The molecule has 23 heavy (non-hydrogen) atoms. The van der Waals surface area contributed by atoms with Gasteiger partial charge in [0.25, 0.3) is 0 Å². The number of carbonyl (C=O) groups excluding carboxylic acids is 1. The molecule has 0 bridgehead atoms. The van der Waals surface area contributed by atoms with E-state index in [0.717, 1.165) is 5.56 Å². The summed E-state index contributed by atoms with van der Waals surface area (Å²) in [5, 5.41) is 10.2. The molecule has 1 atom stereocenters. The van der Waals surface area contributed by atoms with E-state index in [1.165, 1.54) is 11.0 Å². The molecule has 1 aromatic carbocycles. The second-order valence-electron chi connectivity index (χ2n) is 6.68. The number of carbonyl (C=O) groups is 1. The number of fused-ring (bicyclic) bond motifs is 3. The van der Waals surface area contributed by atoms with Gasteiger partial charge in [0.05, 0.1) is 5.69 Å². The number of amides is 1. The molecule has 7 heteroatoms. The fourth-order valence-electron chi connectivity index (χ4n) is 2.83. The first-order chi connectivity index (χ1) is 10.7. The lowest BCUT2D eigenvalue weighted by molar-refractivity contribution is 0.0582. The highest BCUT2D eigenvalue weighted by molar-refractivity contribution is 6.19. The minimum atomic E-state index is -0.604. The number of rotatable bonds is 1. The number of anilines is 1. The summed E-state index contributed by atoms with van der Waals surface area (Å²) in [5.74, 6) is 0.639. The maximum absolute atomic E-state index is 12.5. The summed E-state index contributed by atoms with van der Waals surface area (Å²) in [6.07, 6.45) is -0.467. The van der Waals surface area contributed by atoms with E-state index in [2.05, 4.69) is 4.98 Å². The molecule has 0 radical (unpaired) electrons. The number of aromatic hydroxyl groups is 1. The van der Waals surface area contributed by atoms with Gasteiger partial charge in [0, 0.05) is 36.9 Å². The Morgan fingerprint density at radius 2 is 2.26 bits per heavy atom. The number of oxazole rings is 1. The van der Waals surface area contributed by atoms with Crippen molar-refractivity contribution in [3.05, 3.63) is 17.5 Å². The van der Waals surface area contributed by atoms with E-state index in [-0.39, 0.29) is 11.7 Å². The molecule has 1 aliphatic rings. The van der Waals surface area contributed by atoms with Crippen LogP contribution in [0.25, 0.3) is 11.1 Å². The van der Waals surface area contributed by atoms with Crippen LogP contribution in [0.1, 0.15) is 38.1 Å². The lowest BCUT2D eigenvalue weighted by Crippen LogP contribution is -2.36. The van der Waals surface area contributed by atoms with Gasteiger partial charge < -0.3 is 14.3 Å². The molecule has 0 aliphatic carbocycles. The predicted octanol–water partition coefficient (Wildman–Crippen LogP) is 3.92. The van der Waals surface area contributed by atoms with Crippen molar-refractivity contribution >= 4 is 34.5 Å². The number of nitrogens with zero attached hydrogens (tertiary/aromatic N) is 2. The van der Waals surface area contributed by atoms with Crippen LogP contribution in [0, 0.1) is 6.92 Å². The van der Waals surface area contributed by atoms with E-state index in [1.54, 1.807) is 6.92 Å². The molecule has 124 valence electrons. The SMILES string of the molecule is Cc1nc2c3c(cc(O)c2o1)N(C(=O)OC(C)(C)C)C[C@H]3CCl. The normalized spacial score (nSPS) is 17.6. The summed E-state index contributed by atoms with van der Waals surface area (Å²) in [5.41, 5.74) is 1.66. The van der Waals surface area contributed by atoms with E-state index in [4.69, 9.17) is 20.8 Å². The number of benzene rings is 1. The molecule has 0 spiro atoms. The van der Waals surface area contributed by atoms with Crippen LogP contribution >= 0.6 is 11.6 Å². The van der Waals surface area contributed by atoms with Gasteiger partial charge in [-0.3, -0.25) is 4.90 Å². The monoisotopic (exact) mass is 338 g/mol. The molecule has 0 saturated carbocycles. The Bertz CT molecular complexity index is 778. The number of aromatic nitrogens is 1. The van der Waals surface area contributed by atoms with Gasteiger partial charge in [-0.05, 0) is 20.8 Å². The smallest absolute Gasteiger partial charge is 0.414 e. The quantitative estimate of drug-likeness (QED) is 0.797. The number of alkyl halides is 1. The van der Waals surface area contributed by atoms with E-state index in [0.29, 0.717) is 35.1 Å². The number of hydrogen-bond donors (Lipinski definition) is 1. The van der Waals surface area contributed by atoms with E-state index >= 15 is 0 Å². The highest BCUT2D eigenvalue weighted by Gasteiger charge is 2.38. The average Bonchev–Trinajstić information content (AvgIpc) is 2.97. The Kier molecular flexibility index (Phi) is 3.67. The Labute approximate surface area is 139 Å². The lowest BCUT2D eigenvalue weighted by Gasteiger charge is -2.25. The molecule has 0 fully saturated rings. The van der Waals surface area contributed by atoms with E-state index in [9.17, 15) is 9.90 Å². The zero-order chi connectivity index (χ0) is 16.9. The topological polar surface area (TPSA) is 75.8 Å². The van der Waals surface area contributed by atoms with Crippen molar-refractivity contribution in [2.45, 2.75) is 39.2 Å². The summed E-state index contributed by atoms with van der Waals surface area (Å²) in [4.78, 5) is 18.3. The average molecular weight is 339 g/mol. The van der Waals surface area contributed by atoms with Crippen molar-refractivity contribution in [1.29, 1.82) is 0 Å². The first kappa shape index (κ1) is 15.9. The second kappa shape index (κ2) is 5.30. The Hall–Kier alpha value is -1.95. The maximum atomic E-state index is 12.5. The Morgan fingerprint density at radius 3 is 2.87 bits per heavy atom. The number of phenols is 1. The summed E-state index contributed by atoms with van der Waals surface area (Å²) in [7, 11) is 0. The first-order valence-corrected chi connectivity index (χ1v) is 7.94. The summed E-state index contributed by atoms with van der Waals surface area (Å²) < 4.78 is 10.9. The lowest BCUT2D eigenvalue weighted by atomic mass is 10.0. The van der Waals surface area contributed by atoms with Gasteiger partial charge in [0.1, 0.15) is 11.1 Å². The molecular weight excluding hydrogens is 320 g/mol. The molecule has 1 amide bonds. The van der Waals surface area contributed by atoms with E-state index in [1.807, 2.05) is 20.8 Å². The second-order valence-corrected chi connectivity index (χ2v) is 6.99. The van der Waals surface area contributed by atoms with Gasteiger partial charge >= 0.3 is 6.09 Å². The third-order valence-corrected chi connectivity index (χ3v) is 4.05. The van der Waals surface area contributed by atoms with E-state index < -0.39 is 11.7 Å². The molecule has 2 heterocycles. The minimum absolute atomic E-state index is 0.0527. The van der Waals surface area contributed by atoms with Crippen molar-refractivity contribution < 1.29 is 19.1 Å². The number of aryl methyl sites for hydroxylation is 1. The van der Waals surface area contributed by atoms with Crippen LogP contribution < -0.4 is 4.90 Å². The first-order valence-electron chi connectivity index (χ1n) is 7.40. The minimum Gasteiger partial charge on any atom is -0.504 e. The van der Waals surface area contributed by atoms with Crippen LogP contribution in [0.4, 0.5) is 10.5 Å². The van der Waals surface area contributed by atoms with Crippen molar-refractivity contribution in [3.63, 3.8) is 0 Å². The Morgan fingerprint density at radius 1 is 1.57 bits per heavy atom. The fraction of sp³-hybridized carbons (Fsp3) is 0.500. The van der Waals surface area contributed by atoms with Crippen LogP contribution in [0.3, 0.4) is 0 Å². The van der Waals surface area contributed by atoms with Gasteiger partial charge in [-0.15, -0.1) is 11.6 Å². The molecule has 0 saturated heterocycles. The van der Waals surface area contributed by atoms with Crippen LogP contribution in [-0.2, 0) is 4.74 Å². The Balaban J connectivity index is 2.12. The largest absolute Gasteiger partial charge is 0.504 e. The predicted molar refractivity (Wildman–Crippen MR) is 87.5 cm³/mol. The number of phenolic OH excluding ortho intramolecular Hbond substituents is 1. The zero-order valence-corrected chi connectivity index (χ0v) is 14.3. The van der Waals surface area contributed by atoms with Crippen LogP contribution in [0.2, 0.25) is 0 Å². The molecule has 0 unspecified atom stereocenters. The third kappa shape index (κ3) is 2.72. The highest BCUT2D eigenvalue weighted by atomic mass is 35.5. The molecule has 3 rings (SSSR count). The zero-order valence-electron chi connectivity index (χ0n) is 13.5. The van der Waals surface area contributed by atoms with Crippen LogP contribution in [0.5, 0.6) is 5.75 Å². The van der Waals surface area contributed by atoms with Crippen LogP contribution in [-0.4, -0.2) is 34.2 Å². The summed E-state index contributed by atoms with van der Waals surface area (Å²) in [6.45, 7) is 7.52. The van der Waals surface area contributed by atoms with Gasteiger partial charge in [-0.2, -0.15) is 0 Å². The van der Waals surface area contributed by atoms with Gasteiger partial charge in [-0.25, -0.2) is 9.78 Å². The standard InChI is InChI=1S/C16H19ClN2O4/c1-8-18-13-12-9(6-17)7-19(15(21)23-16(2,3)4)10(12)5-11(20)14(13)22-8/h5,9,20H,6-7H2,1-4H3/t9-/m1/s1. The van der Waals surface area contributed by atoms with Crippen molar-refractivity contribution in [2.24, 2.45) is 0 Å². The van der Waals surface area contributed by atoms with Crippen LogP contribution in [0.15, 0.2) is 10.5 Å².